The van der Waals surface area contributed by atoms with Crippen molar-refractivity contribution in [2.75, 3.05) is 44.8 Å². The molecule has 7 atom stereocenters. The molecule has 4 fully saturated rings. The number of hydrogen-bond acceptors (Lipinski definition) is 5. The van der Waals surface area contributed by atoms with Crippen molar-refractivity contribution >= 4 is 17.3 Å². The Morgan fingerprint density at radius 2 is 1.56 bits per heavy atom. The minimum atomic E-state index is -5.55. The normalized spacial score (nSPS) is 29.5. The smallest absolute Gasteiger partial charge is 0.453 e. The fourth-order valence-corrected chi connectivity index (χ4v) is 12.6. The molecule has 12 heteroatoms. The third-order valence-corrected chi connectivity index (χ3v) is 15.9. The largest absolute Gasteiger partial charge is 0.616 e. The molecule has 0 N–H and O–H groups in total. The Hall–Kier alpha value is -1.63. The maximum absolute atomic E-state index is 13.3. The summed E-state index contributed by atoms with van der Waals surface area (Å²) in [5.74, 6) is -1.47. The van der Waals surface area contributed by atoms with Crippen molar-refractivity contribution in [3.05, 3.63) is 29.3 Å². The summed E-state index contributed by atoms with van der Waals surface area (Å²) in [4.78, 5) is 17.8. The first-order chi connectivity index (χ1) is 26.3. The van der Waals surface area contributed by atoms with E-state index >= 15 is 0 Å². The van der Waals surface area contributed by atoms with Gasteiger partial charge >= 0.3 is 18.2 Å². The number of halogens is 5. The second kappa shape index (κ2) is 19.0. The predicted octanol–water partition coefficient (Wildman–Crippen LogP) is 10.7. The minimum absolute atomic E-state index is 0.115. The van der Waals surface area contributed by atoms with Crippen LogP contribution in [0.15, 0.2) is 18.2 Å². The standard InChI is InChI=1S/C43H65F5N2O4S/c1-41-22-18-36-35-15-14-34(54-40(51)50-25-19-33(20-26-50)49-23-9-10-24-49)30-32(35)29-31(39(36)37(41)16-17-38(41)53-2)13-8-6-4-3-5-7-11-27-55(52)28-12-21-42(44,45)43(46,47)48/h14-15,30-31,33,36-39H,3-13,16-29H2,1-2H3/t31-,36-,37+,38+,39-,41+,55?/m1/s1. The second-order valence-electron chi connectivity index (χ2n) is 17.7. The van der Waals surface area contributed by atoms with Gasteiger partial charge in [-0.3, -0.25) is 0 Å². The number of rotatable bonds is 17. The van der Waals surface area contributed by atoms with E-state index < -0.39 is 36.1 Å². The third-order valence-electron chi connectivity index (χ3n) is 14.4. The van der Waals surface area contributed by atoms with Gasteiger partial charge in [0.05, 0.1) is 6.10 Å². The van der Waals surface area contributed by atoms with E-state index in [9.17, 15) is 31.3 Å². The molecule has 1 amide bonds. The van der Waals surface area contributed by atoms with Crippen LogP contribution in [0.4, 0.5) is 26.7 Å². The first kappa shape index (κ1) is 43.0. The number of ether oxygens (including phenoxy) is 2. The van der Waals surface area contributed by atoms with E-state index in [0.717, 1.165) is 83.7 Å². The van der Waals surface area contributed by atoms with Gasteiger partial charge in [0.15, 0.2) is 0 Å². The number of piperidine rings is 1. The number of methoxy groups -OCH3 is 1. The van der Waals surface area contributed by atoms with Crippen molar-refractivity contribution in [3.63, 3.8) is 0 Å². The maximum atomic E-state index is 13.3. The summed E-state index contributed by atoms with van der Waals surface area (Å²) >= 11 is -1.37. The zero-order valence-corrected chi connectivity index (χ0v) is 34.0. The second-order valence-corrected chi connectivity index (χ2v) is 19.4. The highest BCUT2D eigenvalue weighted by molar-refractivity contribution is 7.91. The number of fused-ring (bicyclic) bond motifs is 5. The molecule has 55 heavy (non-hydrogen) atoms. The molecule has 0 spiro atoms. The highest BCUT2D eigenvalue weighted by atomic mass is 32.2. The van der Waals surface area contributed by atoms with Crippen LogP contribution < -0.4 is 4.74 Å². The zero-order chi connectivity index (χ0) is 39.2. The Morgan fingerprint density at radius 1 is 0.891 bits per heavy atom. The molecule has 2 aliphatic heterocycles. The molecular weight excluding hydrogens is 736 g/mol. The number of carbonyl (C=O) groups excluding carboxylic acids is 1. The molecule has 6 rings (SSSR count). The number of nitrogens with zero attached hydrogens (tertiary/aromatic N) is 2. The monoisotopic (exact) mass is 800 g/mol. The summed E-state index contributed by atoms with van der Waals surface area (Å²) in [6.07, 6.45) is 11.4. The van der Waals surface area contributed by atoms with Gasteiger partial charge in [-0.25, -0.2) is 4.79 Å². The Labute approximate surface area is 329 Å². The Kier molecular flexibility index (Phi) is 14.8. The van der Waals surface area contributed by atoms with Crippen molar-refractivity contribution in [1.29, 1.82) is 0 Å². The van der Waals surface area contributed by atoms with Gasteiger partial charge in [0.25, 0.3) is 0 Å². The molecule has 1 aromatic carbocycles. The molecule has 312 valence electrons. The molecule has 0 bridgehead atoms. The van der Waals surface area contributed by atoms with Gasteiger partial charge < -0.3 is 23.8 Å². The lowest BCUT2D eigenvalue weighted by Gasteiger charge is -2.53. The molecule has 6 nitrogen and oxygen atoms in total. The van der Waals surface area contributed by atoms with Crippen molar-refractivity contribution in [3.8, 4) is 5.75 Å². The SMILES string of the molecule is CO[C@H]1CC[C@H]2[C@@H]3[C@H](CCCCCCCCC[S+]([O-])CCCC(F)(F)C(F)(F)F)Cc4cc(OC(=O)N5CCC(N6CCCC6)CC5)ccc4[C@H]3CC[C@]12C. The van der Waals surface area contributed by atoms with Crippen molar-refractivity contribution < 1.29 is 40.8 Å². The maximum Gasteiger partial charge on any atom is 0.453 e. The Bertz CT molecular complexity index is 1390. The van der Waals surface area contributed by atoms with Gasteiger partial charge in [0.1, 0.15) is 17.3 Å². The van der Waals surface area contributed by atoms with Crippen LogP contribution in [0.2, 0.25) is 0 Å². The quantitative estimate of drug-likeness (QED) is 0.0892. The van der Waals surface area contributed by atoms with Crippen LogP contribution in [0.3, 0.4) is 0 Å². The van der Waals surface area contributed by atoms with Crippen LogP contribution in [0.25, 0.3) is 0 Å². The molecule has 0 radical (unpaired) electrons. The number of carbonyl (C=O) groups is 1. The zero-order valence-electron chi connectivity index (χ0n) is 33.2. The fourth-order valence-electron chi connectivity index (χ4n) is 11.4. The van der Waals surface area contributed by atoms with Gasteiger partial charge in [-0.2, -0.15) is 22.0 Å². The van der Waals surface area contributed by atoms with E-state index in [4.69, 9.17) is 9.47 Å². The molecule has 1 unspecified atom stereocenters. The van der Waals surface area contributed by atoms with Gasteiger partial charge in [0, 0.05) is 32.7 Å². The summed E-state index contributed by atoms with van der Waals surface area (Å²) in [6, 6.07) is 7.05. The topological polar surface area (TPSA) is 65.1 Å². The van der Waals surface area contributed by atoms with Crippen molar-refractivity contribution in [2.24, 2.45) is 23.2 Å². The predicted molar refractivity (Wildman–Crippen MR) is 207 cm³/mol. The van der Waals surface area contributed by atoms with E-state index in [1.54, 1.807) is 0 Å². The van der Waals surface area contributed by atoms with Gasteiger partial charge in [-0.05, 0) is 149 Å². The Morgan fingerprint density at radius 3 is 2.25 bits per heavy atom. The van der Waals surface area contributed by atoms with Crippen molar-refractivity contribution in [1.82, 2.24) is 9.80 Å². The van der Waals surface area contributed by atoms with Crippen LogP contribution in [0.5, 0.6) is 5.75 Å². The lowest BCUT2D eigenvalue weighted by molar-refractivity contribution is -0.284. The van der Waals surface area contributed by atoms with E-state index in [-0.39, 0.29) is 17.3 Å². The lowest BCUT2D eigenvalue weighted by Crippen LogP contribution is -2.47. The summed E-state index contributed by atoms with van der Waals surface area (Å²) in [6.45, 7) is 6.35. The van der Waals surface area contributed by atoms with Crippen molar-refractivity contribution in [2.45, 2.75) is 159 Å². The molecular formula is C43H65F5N2O4S. The van der Waals surface area contributed by atoms with Gasteiger partial charge in [-0.1, -0.05) is 56.3 Å². The third kappa shape index (κ3) is 10.3. The first-order valence-corrected chi connectivity index (χ1v) is 23.0. The number of alkyl halides is 5. The number of amides is 1. The van der Waals surface area contributed by atoms with Gasteiger partial charge in [-0.15, -0.1) is 0 Å². The lowest BCUT2D eigenvalue weighted by atomic mass is 9.52. The summed E-state index contributed by atoms with van der Waals surface area (Å²) in [5.41, 5.74) is 3.01. The van der Waals surface area contributed by atoms with Crippen LogP contribution >= 0.6 is 0 Å². The molecule has 2 heterocycles. The highest BCUT2D eigenvalue weighted by Gasteiger charge is 2.58. The number of likely N-dealkylation sites (tertiary alicyclic amines) is 2. The molecule has 3 aliphatic carbocycles. The average Bonchev–Trinajstić information content (AvgIpc) is 3.81. The molecule has 2 saturated carbocycles. The fraction of sp³-hybridized carbons (Fsp3) is 0.837. The molecule has 1 aromatic rings. The summed E-state index contributed by atoms with van der Waals surface area (Å²) in [5, 5.41) is 0. The highest BCUT2D eigenvalue weighted by Crippen LogP contribution is 2.63. The van der Waals surface area contributed by atoms with Crippen LogP contribution in [-0.4, -0.2) is 89.5 Å². The summed E-state index contributed by atoms with van der Waals surface area (Å²) < 4.78 is 87.5. The average molecular weight is 801 g/mol. The molecule has 2 saturated heterocycles. The van der Waals surface area contributed by atoms with E-state index in [2.05, 4.69) is 24.0 Å². The van der Waals surface area contributed by atoms with E-state index in [1.807, 2.05) is 18.1 Å². The van der Waals surface area contributed by atoms with Crippen LogP contribution in [0.1, 0.15) is 140 Å². The molecule has 0 aromatic heterocycles. The number of benzene rings is 1. The number of hydrogen-bond donors (Lipinski definition) is 0. The number of unbranched alkanes of at least 4 members (excludes halogenated alkanes) is 6. The van der Waals surface area contributed by atoms with Gasteiger partial charge in [0.2, 0.25) is 0 Å². The first-order valence-electron chi connectivity index (χ1n) is 21.5. The summed E-state index contributed by atoms with van der Waals surface area (Å²) in [7, 11) is 1.88. The Balaban J connectivity index is 0.971. The van der Waals surface area contributed by atoms with E-state index in [1.165, 1.54) is 56.3 Å². The van der Waals surface area contributed by atoms with Crippen LogP contribution in [-0.2, 0) is 22.3 Å². The molecule has 5 aliphatic rings. The van der Waals surface area contributed by atoms with Crippen LogP contribution in [0, 0.1) is 23.2 Å². The minimum Gasteiger partial charge on any atom is -0.616 e. The van der Waals surface area contributed by atoms with E-state index in [0.29, 0.717) is 53.7 Å².